The van der Waals surface area contributed by atoms with E-state index in [0.29, 0.717) is 31.1 Å². The minimum atomic E-state index is -4.73. The van der Waals surface area contributed by atoms with E-state index in [1.807, 2.05) is 0 Å². The number of nitrogens with two attached hydrogens (primary N) is 1. The van der Waals surface area contributed by atoms with E-state index < -0.39 is 6.36 Å². The minimum absolute atomic E-state index is 0. The zero-order valence-electron chi connectivity index (χ0n) is 11.1. The van der Waals surface area contributed by atoms with Gasteiger partial charge in [0, 0.05) is 18.7 Å². The molecule has 1 unspecified atom stereocenters. The van der Waals surface area contributed by atoms with Crippen molar-refractivity contribution >= 4 is 18.3 Å². The van der Waals surface area contributed by atoms with Gasteiger partial charge in [0.05, 0.1) is 0 Å². The molecule has 21 heavy (non-hydrogen) atoms. The monoisotopic (exact) mass is 324 g/mol. The second kappa shape index (κ2) is 7.00. The summed E-state index contributed by atoms with van der Waals surface area (Å²) in [5.41, 5.74) is 5.90. The largest absolute Gasteiger partial charge is 0.573 e. The van der Waals surface area contributed by atoms with Crippen molar-refractivity contribution in [2.24, 2.45) is 11.7 Å². The van der Waals surface area contributed by atoms with Crippen LogP contribution in [-0.4, -0.2) is 36.8 Å². The molecular formula is C13H16ClF3N2O2. The molecule has 0 aromatic heterocycles. The smallest absolute Gasteiger partial charge is 0.406 e. The van der Waals surface area contributed by atoms with Gasteiger partial charge < -0.3 is 15.4 Å². The Kier molecular flexibility index (Phi) is 5.86. The molecule has 118 valence electrons. The third-order valence-electron chi connectivity index (χ3n) is 3.24. The summed E-state index contributed by atoms with van der Waals surface area (Å²) >= 11 is 0. The molecule has 1 aliphatic rings. The summed E-state index contributed by atoms with van der Waals surface area (Å²) in [5.74, 6) is -0.235. The van der Waals surface area contributed by atoms with Gasteiger partial charge in [0.1, 0.15) is 5.75 Å². The fourth-order valence-electron chi connectivity index (χ4n) is 2.19. The van der Waals surface area contributed by atoms with E-state index in [-0.39, 0.29) is 24.1 Å². The maximum atomic E-state index is 12.1. The molecule has 0 bridgehead atoms. The van der Waals surface area contributed by atoms with Gasteiger partial charge >= 0.3 is 6.36 Å². The van der Waals surface area contributed by atoms with E-state index in [0.717, 1.165) is 18.6 Å². The number of ether oxygens (including phenoxy) is 1. The molecule has 0 aliphatic carbocycles. The lowest BCUT2D eigenvalue weighted by molar-refractivity contribution is -0.274. The summed E-state index contributed by atoms with van der Waals surface area (Å²) < 4.78 is 39.8. The summed E-state index contributed by atoms with van der Waals surface area (Å²) in [7, 11) is 0. The highest BCUT2D eigenvalue weighted by Gasteiger charge is 2.31. The predicted molar refractivity (Wildman–Crippen MR) is 73.4 cm³/mol. The number of carbonyl (C=O) groups is 1. The van der Waals surface area contributed by atoms with Crippen LogP contribution in [0.5, 0.6) is 5.75 Å². The van der Waals surface area contributed by atoms with E-state index in [4.69, 9.17) is 5.73 Å². The molecular weight excluding hydrogens is 309 g/mol. The Morgan fingerprint density at radius 2 is 1.95 bits per heavy atom. The Hall–Kier alpha value is -1.47. The molecule has 1 aliphatic heterocycles. The third kappa shape index (κ3) is 4.78. The third-order valence-corrected chi connectivity index (χ3v) is 3.24. The van der Waals surface area contributed by atoms with Crippen molar-refractivity contribution in [3.8, 4) is 5.75 Å². The highest BCUT2D eigenvalue weighted by Crippen LogP contribution is 2.24. The molecule has 2 rings (SSSR count). The molecule has 1 atom stereocenters. The number of carbonyl (C=O) groups excluding carboxylic acids is 1. The summed E-state index contributed by atoms with van der Waals surface area (Å²) in [6, 6.07) is 4.94. The van der Waals surface area contributed by atoms with E-state index >= 15 is 0 Å². The van der Waals surface area contributed by atoms with Crippen molar-refractivity contribution in [3.63, 3.8) is 0 Å². The van der Waals surface area contributed by atoms with Crippen LogP contribution in [0.1, 0.15) is 16.8 Å². The average molecular weight is 325 g/mol. The molecule has 1 aromatic carbocycles. The normalized spacial score (nSPS) is 18.3. The molecule has 1 saturated heterocycles. The van der Waals surface area contributed by atoms with Crippen molar-refractivity contribution < 1.29 is 22.7 Å². The lowest BCUT2D eigenvalue weighted by Gasteiger charge is -2.16. The van der Waals surface area contributed by atoms with Crippen LogP contribution < -0.4 is 10.5 Å². The first kappa shape index (κ1) is 17.6. The topological polar surface area (TPSA) is 55.6 Å². The van der Waals surface area contributed by atoms with Crippen LogP contribution >= 0.6 is 12.4 Å². The molecule has 1 fully saturated rings. The van der Waals surface area contributed by atoms with Crippen molar-refractivity contribution in [1.29, 1.82) is 0 Å². The quantitative estimate of drug-likeness (QED) is 0.929. The molecule has 0 radical (unpaired) electrons. The van der Waals surface area contributed by atoms with Gasteiger partial charge in [-0.05, 0) is 43.1 Å². The molecule has 8 heteroatoms. The first-order valence-corrected chi connectivity index (χ1v) is 6.24. The fourth-order valence-corrected chi connectivity index (χ4v) is 2.19. The summed E-state index contributed by atoms with van der Waals surface area (Å²) in [5, 5.41) is 0. The van der Waals surface area contributed by atoms with Crippen LogP contribution in [0, 0.1) is 5.92 Å². The van der Waals surface area contributed by atoms with Gasteiger partial charge in [0.25, 0.3) is 5.91 Å². The van der Waals surface area contributed by atoms with E-state index in [1.54, 1.807) is 4.90 Å². The Morgan fingerprint density at radius 1 is 1.33 bits per heavy atom. The minimum Gasteiger partial charge on any atom is -0.406 e. The first-order valence-electron chi connectivity index (χ1n) is 6.24. The number of halogens is 4. The summed E-state index contributed by atoms with van der Waals surface area (Å²) in [6.45, 7) is 1.75. The number of amides is 1. The van der Waals surface area contributed by atoms with Gasteiger partial charge in [-0.25, -0.2) is 0 Å². The molecule has 1 amide bonds. The predicted octanol–water partition coefficient (Wildman–Crippen LogP) is 2.43. The Bertz CT molecular complexity index is 479. The van der Waals surface area contributed by atoms with Gasteiger partial charge in [-0.1, -0.05) is 0 Å². The van der Waals surface area contributed by atoms with Crippen LogP contribution in [0.25, 0.3) is 0 Å². The number of hydrogen-bond acceptors (Lipinski definition) is 3. The number of likely N-dealkylation sites (tertiary alicyclic amines) is 1. The number of nitrogens with zero attached hydrogens (tertiary/aromatic N) is 1. The Morgan fingerprint density at radius 3 is 2.43 bits per heavy atom. The Balaban J connectivity index is 0.00000220. The van der Waals surface area contributed by atoms with Crippen LogP contribution in [0.4, 0.5) is 13.2 Å². The van der Waals surface area contributed by atoms with Crippen LogP contribution in [0.15, 0.2) is 24.3 Å². The highest BCUT2D eigenvalue weighted by atomic mass is 35.5. The zero-order valence-corrected chi connectivity index (χ0v) is 11.9. The molecule has 1 heterocycles. The molecule has 0 saturated carbocycles. The maximum Gasteiger partial charge on any atom is 0.573 e. The number of rotatable bonds is 3. The van der Waals surface area contributed by atoms with Crippen molar-refractivity contribution in [2.75, 3.05) is 19.6 Å². The standard InChI is InChI=1S/C13H15F3N2O2.ClH/c14-13(15,16)20-11-3-1-10(2-4-11)12(19)18-6-5-9(7-17)8-18;/h1-4,9H,5-8,17H2;1H. The number of alkyl halides is 3. The molecule has 1 aromatic rings. The van der Waals surface area contributed by atoms with Crippen molar-refractivity contribution in [3.05, 3.63) is 29.8 Å². The lowest BCUT2D eigenvalue weighted by atomic mass is 10.1. The van der Waals surface area contributed by atoms with Gasteiger partial charge in [0.2, 0.25) is 0 Å². The van der Waals surface area contributed by atoms with Crippen molar-refractivity contribution in [2.45, 2.75) is 12.8 Å². The second-order valence-corrected chi connectivity index (χ2v) is 4.71. The van der Waals surface area contributed by atoms with Gasteiger partial charge in [-0.15, -0.1) is 25.6 Å². The first-order chi connectivity index (χ1) is 9.39. The number of benzene rings is 1. The summed E-state index contributed by atoms with van der Waals surface area (Å²) in [4.78, 5) is 13.8. The van der Waals surface area contributed by atoms with E-state index in [9.17, 15) is 18.0 Å². The van der Waals surface area contributed by atoms with Crippen LogP contribution in [-0.2, 0) is 0 Å². The van der Waals surface area contributed by atoms with Gasteiger partial charge in [-0.3, -0.25) is 4.79 Å². The number of hydrogen-bond donors (Lipinski definition) is 1. The molecule has 4 nitrogen and oxygen atoms in total. The zero-order chi connectivity index (χ0) is 14.8. The van der Waals surface area contributed by atoms with Gasteiger partial charge in [-0.2, -0.15) is 0 Å². The van der Waals surface area contributed by atoms with E-state index in [1.165, 1.54) is 12.1 Å². The van der Waals surface area contributed by atoms with Gasteiger partial charge in [0.15, 0.2) is 0 Å². The molecule has 2 N–H and O–H groups in total. The average Bonchev–Trinajstić information content (AvgIpc) is 2.85. The SMILES string of the molecule is Cl.NCC1CCN(C(=O)c2ccc(OC(F)(F)F)cc2)C1. The van der Waals surface area contributed by atoms with Crippen LogP contribution in [0.3, 0.4) is 0 Å². The highest BCUT2D eigenvalue weighted by molar-refractivity contribution is 5.94. The van der Waals surface area contributed by atoms with E-state index in [2.05, 4.69) is 4.74 Å². The van der Waals surface area contributed by atoms with Crippen molar-refractivity contribution in [1.82, 2.24) is 4.90 Å². The fraction of sp³-hybridized carbons (Fsp3) is 0.462. The van der Waals surface area contributed by atoms with Crippen LogP contribution in [0.2, 0.25) is 0 Å². The lowest BCUT2D eigenvalue weighted by Crippen LogP contribution is -2.29. The maximum absolute atomic E-state index is 12.1. The Labute approximate surface area is 126 Å². The molecule has 0 spiro atoms. The second-order valence-electron chi connectivity index (χ2n) is 4.71. The summed E-state index contributed by atoms with van der Waals surface area (Å²) in [6.07, 6.45) is -3.87.